The van der Waals surface area contributed by atoms with Crippen LogP contribution in [0.1, 0.15) is 10.4 Å². The predicted octanol–water partition coefficient (Wildman–Crippen LogP) is 2.20. The number of para-hydroxylation sites is 2. The number of hydrogen-bond donors (Lipinski definition) is 1. The Morgan fingerprint density at radius 1 is 1.12 bits per heavy atom. The maximum atomic E-state index is 13.0. The second-order valence-electron chi connectivity index (χ2n) is 5.40. The Morgan fingerprint density at radius 2 is 1.84 bits per heavy atom. The number of fused-ring (bicyclic) bond motifs is 1. The van der Waals surface area contributed by atoms with Crippen molar-refractivity contribution in [3.05, 3.63) is 48.0 Å². The molecule has 1 aliphatic heterocycles. The van der Waals surface area contributed by atoms with Gasteiger partial charge in [0.15, 0.2) is 11.5 Å². The fourth-order valence-electron chi connectivity index (χ4n) is 2.68. The number of rotatable bonds is 4. The van der Waals surface area contributed by atoms with Gasteiger partial charge in [-0.1, -0.05) is 12.1 Å². The zero-order valence-electron chi connectivity index (χ0n) is 13.8. The normalized spacial score (nSPS) is 15.8. The summed E-state index contributed by atoms with van der Waals surface area (Å²) >= 11 is 0. The van der Waals surface area contributed by atoms with Crippen LogP contribution in [0.25, 0.3) is 0 Å². The predicted molar refractivity (Wildman–Crippen MR) is 89.7 cm³/mol. The van der Waals surface area contributed by atoms with Gasteiger partial charge >= 0.3 is 5.97 Å². The Morgan fingerprint density at radius 3 is 2.52 bits per heavy atom. The number of hydrogen-bond acceptors (Lipinski definition) is 5. The summed E-state index contributed by atoms with van der Waals surface area (Å²) in [4.78, 5) is 25.7. The molecule has 1 N–H and O–H groups in total. The van der Waals surface area contributed by atoms with Crippen LogP contribution in [0.2, 0.25) is 0 Å². The molecule has 0 aliphatic carbocycles. The van der Waals surface area contributed by atoms with Gasteiger partial charge in [0, 0.05) is 5.56 Å². The Hall–Kier alpha value is -3.22. The van der Waals surface area contributed by atoms with E-state index in [0.717, 1.165) is 0 Å². The van der Waals surface area contributed by atoms with E-state index < -0.39 is 12.1 Å². The number of nitrogens with zero attached hydrogens (tertiary/aromatic N) is 1. The number of benzene rings is 2. The van der Waals surface area contributed by atoms with Crippen LogP contribution in [0.5, 0.6) is 17.2 Å². The summed E-state index contributed by atoms with van der Waals surface area (Å²) in [5.41, 5.74) is 0.887. The molecule has 25 heavy (non-hydrogen) atoms. The monoisotopic (exact) mass is 343 g/mol. The minimum Gasteiger partial charge on any atom is -0.493 e. The van der Waals surface area contributed by atoms with Gasteiger partial charge in [-0.2, -0.15) is 0 Å². The van der Waals surface area contributed by atoms with Crippen molar-refractivity contribution in [3.8, 4) is 17.2 Å². The molecule has 0 saturated carbocycles. The average Bonchev–Trinajstić information content (AvgIpc) is 2.65. The van der Waals surface area contributed by atoms with Crippen molar-refractivity contribution in [1.29, 1.82) is 0 Å². The first-order valence-corrected chi connectivity index (χ1v) is 7.57. The lowest BCUT2D eigenvalue weighted by Crippen LogP contribution is -2.47. The first-order chi connectivity index (χ1) is 12.0. The third-order valence-corrected chi connectivity index (χ3v) is 3.92. The summed E-state index contributed by atoms with van der Waals surface area (Å²) < 4.78 is 15.9. The molecule has 0 bridgehead atoms. The van der Waals surface area contributed by atoms with Gasteiger partial charge in [0.2, 0.25) is 6.10 Å². The number of carbonyl (C=O) groups is 2. The molecule has 1 amide bonds. The maximum Gasteiger partial charge on any atom is 0.346 e. The smallest absolute Gasteiger partial charge is 0.346 e. The average molecular weight is 343 g/mol. The quantitative estimate of drug-likeness (QED) is 0.916. The molecule has 130 valence electrons. The number of anilines is 1. The van der Waals surface area contributed by atoms with Gasteiger partial charge in [-0.25, -0.2) is 4.79 Å². The highest BCUT2D eigenvalue weighted by Gasteiger charge is 2.34. The summed E-state index contributed by atoms with van der Waals surface area (Å²) in [6.45, 7) is -0.0838. The van der Waals surface area contributed by atoms with E-state index in [9.17, 15) is 14.7 Å². The van der Waals surface area contributed by atoms with Crippen LogP contribution in [0, 0.1) is 0 Å². The standard InChI is InChI=1S/C18H17NO6/c1-23-14-8-7-11(9-15(14)24-2)17(20)19-10-16(18(21)22)25-13-6-4-3-5-12(13)19/h3-9,16H,10H2,1-2H3,(H,21,22)/t16-/m1/s1. The van der Waals surface area contributed by atoms with Gasteiger partial charge in [0.25, 0.3) is 5.91 Å². The van der Waals surface area contributed by atoms with Crippen molar-refractivity contribution in [2.75, 3.05) is 25.7 Å². The second kappa shape index (κ2) is 6.72. The number of carbonyl (C=O) groups excluding carboxylic acids is 1. The number of amides is 1. The van der Waals surface area contributed by atoms with Crippen molar-refractivity contribution in [3.63, 3.8) is 0 Å². The third-order valence-electron chi connectivity index (χ3n) is 3.92. The molecule has 0 saturated heterocycles. The molecule has 0 fully saturated rings. The lowest BCUT2D eigenvalue weighted by Gasteiger charge is -2.33. The van der Waals surface area contributed by atoms with Crippen molar-refractivity contribution in [2.24, 2.45) is 0 Å². The second-order valence-corrected chi connectivity index (χ2v) is 5.40. The molecule has 7 heteroatoms. The molecule has 3 rings (SSSR count). The van der Waals surface area contributed by atoms with E-state index in [0.29, 0.717) is 28.5 Å². The van der Waals surface area contributed by atoms with Crippen LogP contribution in [0.4, 0.5) is 5.69 Å². The maximum absolute atomic E-state index is 13.0. The molecule has 2 aromatic rings. The van der Waals surface area contributed by atoms with E-state index in [1.54, 1.807) is 42.5 Å². The summed E-state index contributed by atoms with van der Waals surface area (Å²) in [7, 11) is 2.99. The minimum absolute atomic E-state index is 0.0838. The van der Waals surface area contributed by atoms with Crippen LogP contribution >= 0.6 is 0 Å². The van der Waals surface area contributed by atoms with Gasteiger partial charge in [-0.15, -0.1) is 0 Å². The lowest BCUT2D eigenvalue weighted by molar-refractivity contribution is -0.144. The van der Waals surface area contributed by atoms with Gasteiger partial charge in [0.1, 0.15) is 5.75 Å². The van der Waals surface area contributed by atoms with Gasteiger partial charge in [-0.3, -0.25) is 4.79 Å². The van der Waals surface area contributed by atoms with Gasteiger partial charge in [-0.05, 0) is 30.3 Å². The fraction of sp³-hybridized carbons (Fsp3) is 0.222. The highest BCUT2D eigenvalue weighted by molar-refractivity contribution is 6.08. The Balaban J connectivity index is 2.00. The number of carboxylic acid groups (broad SMARTS) is 1. The minimum atomic E-state index is -1.13. The van der Waals surface area contributed by atoms with Gasteiger partial charge in [0.05, 0.1) is 26.5 Å². The molecule has 1 atom stereocenters. The Labute approximate surface area is 144 Å². The molecule has 0 aromatic heterocycles. The Kier molecular flexibility index (Phi) is 4.47. The molecule has 0 radical (unpaired) electrons. The molecular weight excluding hydrogens is 326 g/mol. The summed E-state index contributed by atoms with van der Waals surface area (Å²) in [5.74, 6) is -0.188. The van der Waals surface area contributed by atoms with Crippen molar-refractivity contribution >= 4 is 17.6 Å². The Bertz CT molecular complexity index is 819. The third kappa shape index (κ3) is 3.08. The zero-order chi connectivity index (χ0) is 18.0. The van der Waals surface area contributed by atoms with E-state index in [2.05, 4.69) is 0 Å². The summed E-state index contributed by atoms with van der Waals surface area (Å²) in [6, 6.07) is 11.6. The molecule has 7 nitrogen and oxygen atoms in total. The molecule has 1 heterocycles. The fourth-order valence-corrected chi connectivity index (χ4v) is 2.68. The van der Waals surface area contributed by atoms with Crippen LogP contribution < -0.4 is 19.1 Å². The molecule has 2 aromatic carbocycles. The van der Waals surface area contributed by atoms with E-state index in [4.69, 9.17) is 14.2 Å². The lowest BCUT2D eigenvalue weighted by atomic mass is 10.1. The summed E-state index contributed by atoms with van der Waals surface area (Å²) in [5, 5.41) is 9.28. The molecule has 0 spiro atoms. The zero-order valence-corrected chi connectivity index (χ0v) is 13.8. The van der Waals surface area contributed by atoms with E-state index >= 15 is 0 Å². The van der Waals surface area contributed by atoms with Crippen LogP contribution in [0.15, 0.2) is 42.5 Å². The van der Waals surface area contributed by atoms with Crippen LogP contribution in [-0.4, -0.2) is 43.9 Å². The van der Waals surface area contributed by atoms with Crippen LogP contribution in [0.3, 0.4) is 0 Å². The largest absolute Gasteiger partial charge is 0.493 e. The topological polar surface area (TPSA) is 85.3 Å². The van der Waals surface area contributed by atoms with E-state index in [-0.39, 0.29) is 12.5 Å². The van der Waals surface area contributed by atoms with Crippen molar-refractivity contribution in [2.45, 2.75) is 6.10 Å². The highest BCUT2D eigenvalue weighted by Crippen LogP contribution is 2.35. The van der Waals surface area contributed by atoms with Crippen molar-refractivity contribution < 1.29 is 28.9 Å². The van der Waals surface area contributed by atoms with Gasteiger partial charge < -0.3 is 24.2 Å². The number of methoxy groups -OCH3 is 2. The summed E-state index contributed by atoms with van der Waals surface area (Å²) in [6.07, 6.45) is -1.13. The van der Waals surface area contributed by atoms with Crippen molar-refractivity contribution in [1.82, 2.24) is 0 Å². The van der Waals surface area contributed by atoms with Crippen LogP contribution in [-0.2, 0) is 4.79 Å². The first kappa shape index (κ1) is 16.6. The highest BCUT2D eigenvalue weighted by atomic mass is 16.5. The van der Waals surface area contributed by atoms with E-state index in [1.165, 1.54) is 19.1 Å². The number of aliphatic carboxylic acids is 1. The molecule has 1 aliphatic rings. The first-order valence-electron chi connectivity index (χ1n) is 7.57. The molecule has 0 unspecified atom stereocenters. The molecular formula is C18H17NO6. The number of carboxylic acids is 1. The number of ether oxygens (including phenoxy) is 3. The van der Waals surface area contributed by atoms with E-state index in [1.807, 2.05) is 0 Å². The SMILES string of the molecule is COc1ccc(C(=O)N2C[C@H](C(=O)O)Oc3ccccc32)cc1OC.